The number of aromatic nitrogens is 1. The number of likely N-dealkylation sites (N-methyl/N-ethyl adjacent to an activating group) is 1. The van der Waals surface area contributed by atoms with E-state index in [1.54, 1.807) is 25.0 Å². The first kappa shape index (κ1) is 15.8. The van der Waals surface area contributed by atoms with E-state index < -0.39 is 11.5 Å². The molecule has 0 saturated heterocycles. The van der Waals surface area contributed by atoms with E-state index in [1.165, 1.54) is 0 Å². The molecule has 1 aromatic heterocycles. The molecule has 2 N–H and O–H groups in total. The van der Waals surface area contributed by atoms with Gasteiger partial charge in [-0.25, -0.2) is 4.98 Å². The van der Waals surface area contributed by atoms with Gasteiger partial charge >= 0.3 is 5.97 Å². The second-order valence-corrected chi connectivity index (χ2v) is 6.98. The minimum absolute atomic E-state index is 0.194. The average molecular weight is 359 g/mol. The van der Waals surface area contributed by atoms with Crippen LogP contribution in [-0.2, 0) is 4.79 Å². The molecule has 0 spiro atoms. The highest BCUT2D eigenvalue weighted by Crippen LogP contribution is 2.39. The molecule has 1 aromatic rings. The lowest BCUT2D eigenvalue weighted by atomic mass is 9.85. The molecule has 2 rings (SSSR count). The topological polar surface area (TPSA) is 62.2 Å². The zero-order valence-corrected chi connectivity index (χ0v) is 13.8. The van der Waals surface area contributed by atoms with E-state index in [2.05, 4.69) is 26.2 Å². The summed E-state index contributed by atoms with van der Waals surface area (Å²) in [4.78, 5) is 15.9. The van der Waals surface area contributed by atoms with Gasteiger partial charge < -0.3 is 10.4 Å². The molecular formula is C14H19BrN2O2S. The summed E-state index contributed by atoms with van der Waals surface area (Å²) in [6, 6.07) is 3.86. The largest absolute Gasteiger partial charge is 0.480 e. The minimum Gasteiger partial charge on any atom is -0.480 e. The third kappa shape index (κ3) is 3.18. The fourth-order valence-electron chi connectivity index (χ4n) is 2.96. The van der Waals surface area contributed by atoms with Crippen molar-refractivity contribution in [2.75, 3.05) is 12.8 Å². The Hall–Kier alpha value is -0.590. The number of aliphatic carboxylic acids is 1. The van der Waals surface area contributed by atoms with Gasteiger partial charge in [-0.2, -0.15) is 0 Å². The Morgan fingerprint density at radius 1 is 1.70 bits per heavy atom. The van der Waals surface area contributed by atoms with Gasteiger partial charge in [0.05, 0.1) is 0 Å². The second kappa shape index (κ2) is 6.91. The first-order valence-corrected chi connectivity index (χ1v) is 8.53. The van der Waals surface area contributed by atoms with Gasteiger partial charge in [0, 0.05) is 10.7 Å². The molecule has 110 valence electrons. The number of carboxylic acid groups (broad SMARTS) is 1. The first-order chi connectivity index (χ1) is 9.60. The summed E-state index contributed by atoms with van der Waals surface area (Å²) in [6.45, 7) is 0. The molecule has 2 atom stereocenters. The van der Waals surface area contributed by atoms with Crippen molar-refractivity contribution in [2.24, 2.45) is 5.92 Å². The minimum atomic E-state index is -0.734. The van der Waals surface area contributed by atoms with Crippen LogP contribution in [0.4, 0.5) is 0 Å². The lowest BCUT2D eigenvalue weighted by Gasteiger charge is -2.30. The summed E-state index contributed by atoms with van der Waals surface area (Å²) < 4.78 is 0.995. The number of pyridine rings is 1. The highest BCUT2D eigenvalue weighted by molar-refractivity contribution is 9.10. The molecule has 1 saturated carbocycles. The maximum Gasteiger partial charge on any atom is 0.324 e. The fraction of sp³-hybridized carbons (Fsp3) is 0.571. The van der Waals surface area contributed by atoms with E-state index in [0.717, 1.165) is 40.9 Å². The van der Waals surface area contributed by atoms with Crippen LogP contribution in [0.2, 0.25) is 0 Å². The molecule has 0 bridgehead atoms. The van der Waals surface area contributed by atoms with E-state index in [0.29, 0.717) is 0 Å². The standard InChI is InChI=1S/C14H19BrN2O2S/c1-16-14(13(18)19)7-2-4-10(14)6-9-20-12-11(15)5-3-8-17-12/h3,5,8,10,16H,2,4,6-7,9H2,1H3,(H,18,19). The normalized spacial score (nSPS) is 25.8. The highest BCUT2D eigenvalue weighted by Gasteiger charge is 2.47. The van der Waals surface area contributed by atoms with Crippen LogP contribution in [0, 0.1) is 5.92 Å². The van der Waals surface area contributed by atoms with Gasteiger partial charge in [0.2, 0.25) is 0 Å². The van der Waals surface area contributed by atoms with E-state index >= 15 is 0 Å². The van der Waals surface area contributed by atoms with Crippen LogP contribution in [0.25, 0.3) is 0 Å². The lowest BCUT2D eigenvalue weighted by molar-refractivity contribution is -0.146. The molecule has 4 nitrogen and oxygen atoms in total. The van der Waals surface area contributed by atoms with Crippen molar-refractivity contribution in [1.29, 1.82) is 0 Å². The van der Waals surface area contributed by atoms with Gasteiger partial charge in [-0.3, -0.25) is 4.79 Å². The molecule has 0 aliphatic heterocycles. The monoisotopic (exact) mass is 358 g/mol. The molecule has 6 heteroatoms. The van der Waals surface area contributed by atoms with Crippen LogP contribution in [0.5, 0.6) is 0 Å². The number of hydrogen-bond donors (Lipinski definition) is 2. The van der Waals surface area contributed by atoms with Crippen LogP contribution < -0.4 is 5.32 Å². The van der Waals surface area contributed by atoms with Gasteiger partial charge in [0.15, 0.2) is 0 Å². The van der Waals surface area contributed by atoms with Gasteiger partial charge in [-0.15, -0.1) is 11.8 Å². The van der Waals surface area contributed by atoms with Crippen LogP contribution in [0.15, 0.2) is 27.8 Å². The number of hydrogen-bond acceptors (Lipinski definition) is 4. The van der Waals surface area contributed by atoms with Crippen molar-refractivity contribution < 1.29 is 9.90 Å². The predicted molar refractivity (Wildman–Crippen MR) is 84.0 cm³/mol. The van der Waals surface area contributed by atoms with E-state index in [9.17, 15) is 9.90 Å². The van der Waals surface area contributed by atoms with Crippen molar-refractivity contribution >= 4 is 33.7 Å². The Morgan fingerprint density at radius 2 is 2.50 bits per heavy atom. The third-order valence-electron chi connectivity index (χ3n) is 4.08. The van der Waals surface area contributed by atoms with Gasteiger partial charge in [0.25, 0.3) is 0 Å². The number of rotatable bonds is 6. The highest BCUT2D eigenvalue weighted by atomic mass is 79.9. The summed E-state index contributed by atoms with van der Waals surface area (Å²) >= 11 is 5.16. The first-order valence-electron chi connectivity index (χ1n) is 6.76. The quantitative estimate of drug-likeness (QED) is 0.764. The van der Waals surface area contributed by atoms with E-state index in [-0.39, 0.29) is 5.92 Å². The number of nitrogens with one attached hydrogen (secondary N) is 1. The lowest BCUT2D eigenvalue weighted by Crippen LogP contribution is -2.53. The number of halogens is 1. The van der Waals surface area contributed by atoms with Crippen molar-refractivity contribution in [3.63, 3.8) is 0 Å². The zero-order chi connectivity index (χ0) is 14.6. The number of carbonyl (C=O) groups is 1. The van der Waals surface area contributed by atoms with Crippen molar-refractivity contribution in [1.82, 2.24) is 10.3 Å². The number of thioether (sulfide) groups is 1. The van der Waals surface area contributed by atoms with Crippen LogP contribution in [-0.4, -0.2) is 34.4 Å². The Labute approximate surface area is 131 Å². The molecule has 0 aromatic carbocycles. The molecule has 1 aliphatic carbocycles. The van der Waals surface area contributed by atoms with Gasteiger partial charge in [-0.1, -0.05) is 6.42 Å². The van der Waals surface area contributed by atoms with Crippen LogP contribution in [0.1, 0.15) is 25.7 Å². The van der Waals surface area contributed by atoms with Gasteiger partial charge in [0.1, 0.15) is 10.6 Å². The smallest absolute Gasteiger partial charge is 0.324 e. The van der Waals surface area contributed by atoms with E-state index in [1.807, 2.05) is 12.1 Å². The summed E-state index contributed by atoms with van der Waals surface area (Å²) in [7, 11) is 1.76. The molecule has 0 amide bonds. The molecule has 1 aliphatic rings. The van der Waals surface area contributed by atoms with Gasteiger partial charge in [-0.05, 0) is 66.0 Å². The average Bonchev–Trinajstić information content (AvgIpc) is 2.85. The Morgan fingerprint density at radius 3 is 3.15 bits per heavy atom. The van der Waals surface area contributed by atoms with Crippen molar-refractivity contribution in [2.45, 2.75) is 36.2 Å². The molecule has 1 heterocycles. The summed E-state index contributed by atoms with van der Waals surface area (Å²) in [5.41, 5.74) is -0.734. The van der Waals surface area contributed by atoms with Crippen molar-refractivity contribution in [3.05, 3.63) is 22.8 Å². The number of nitrogens with zero attached hydrogens (tertiary/aromatic N) is 1. The number of carboxylic acids is 1. The second-order valence-electron chi connectivity index (χ2n) is 5.04. The molecule has 20 heavy (non-hydrogen) atoms. The fourth-order valence-corrected chi connectivity index (χ4v) is 4.50. The molecule has 2 unspecified atom stereocenters. The van der Waals surface area contributed by atoms with Crippen molar-refractivity contribution in [3.8, 4) is 0 Å². The molecule has 1 fully saturated rings. The Kier molecular flexibility index (Phi) is 5.46. The summed E-state index contributed by atoms with van der Waals surface area (Å²) in [5.74, 6) is 0.364. The third-order valence-corrected chi connectivity index (χ3v) is 6.02. The summed E-state index contributed by atoms with van der Waals surface area (Å²) in [5, 5.41) is 13.5. The van der Waals surface area contributed by atoms with E-state index in [4.69, 9.17) is 0 Å². The molecular weight excluding hydrogens is 340 g/mol. The maximum absolute atomic E-state index is 11.6. The SMILES string of the molecule is CNC1(C(=O)O)CCCC1CCSc1ncccc1Br. The predicted octanol–water partition coefficient (Wildman–Crippen LogP) is 3.17. The Balaban J connectivity index is 1.94. The maximum atomic E-state index is 11.6. The Bertz CT molecular complexity index is 486. The van der Waals surface area contributed by atoms with Crippen LogP contribution in [0.3, 0.4) is 0 Å². The van der Waals surface area contributed by atoms with Crippen LogP contribution >= 0.6 is 27.7 Å². The molecule has 0 radical (unpaired) electrons. The zero-order valence-electron chi connectivity index (χ0n) is 11.4. The summed E-state index contributed by atoms with van der Waals surface area (Å²) in [6.07, 6.45) is 5.35.